The molecule has 5 heteroatoms. The van der Waals surface area contributed by atoms with Gasteiger partial charge in [0.15, 0.2) is 0 Å². The fraction of sp³-hybridized carbons (Fsp3) is 0.857. The van der Waals surface area contributed by atoms with Crippen molar-refractivity contribution in [3.63, 3.8) is 0 Å². The number of carbonyl (C=O) groups excluding carboxylic acids is 1. The van der Waals surface area contributed by atoms with Gasteiger partial charge in [-0.2, -0.15) is 0 Å². The lowest BCUT2D eigenvalue weighted by Crippen LogP contribution is -2.49. The van der Waals surface area contributed by atoms with Gasteiger partial charge in [-0.1, -0.05) is 33.6 Å². The quantitative estimate of drug-likeness (QED) is 0.708. The van der Waals surface area contributed by atoms with Crippen molar-refractivity contribution in [1.82, 2.24) is 5.32 Å². The predicted octanol–water partition coefficient (Wildman–Crippen LogP) is 1.65. The van der Waals surface area contributed by atoms with Crippen molar-refractivity contribution in [3.05, 3.63) is 0 Å². The second kappa shape index (κ2) is 5.90. The molecule has 1 atom stereocenters. The van der Waals surface area contributed by atoms with Crippen LogP contribution in [0.5, 0.6) is 0 Å². The first-order valence-corrected chi connectivity index (χ1v) is 6.92. The van der Waals surface area contributed by atoms with E-state index in [1.165, 1.54) is 0 Å². The summed E-state index contributed by atoms with van der Waals surface area (Å²) >= 11 is 0. The van der Waals surface area contributed by atoms with E-state index >= 15 is 0 Å². The molecule has 0 spiro atoms. The molecule has 0 aliphatic heterocycles. The van der Waals surface area contributed by atoms with E-state index in [1.54, 1.807) is 0 Å². The Bertz CT molecular complexity index is 341. The molecule has 0 heterocycles. The molecular formula is C14H26N2O3. The SMILES string of the molecule is CC(C)(C)C(CC(=O)O)NC(=O)CC1(N)CCCC1. The first kappa shape index (κ1) is 16.0. The van der Waals surface area contributed by atoms with E-state index in [0.717, 1.165) is 25.7 Å². The first-order chi connectivity index (χ1) is 8.62. The lowest BCUT2D eigenvalue weighted by molar-refractivity contribution is -0.138. The maximum atomic E-state index is 12.1. The van der Waals surface area contributed by atoms with Gasteiger partial charge in [0, 0.05) is 18.0 Å². The standard InChI is InChI=1S/C14H26N2O3/c1-13(2,3)10(8-12(18)19)16-11(17)9-14(15)6-4-5-7-14/h10H,4-9,15H2,1-3H3,(H,16,17)(H,18,19). The van der Waals surface area contributed by atoms with Crippen molar-refractivity contribution < 1.29 is 14.7 Å². The zero-order chi connectivity index (χ0) is 14.7. The number of nitrogens with one attached hydrogen (secondary N) is 1. The molecule has 0 radical (unpaired) electrons. The Kier molecular flexibility index (Phi) is 4.96. The van der Waals surface area contributed by atoms with Crippen molar-refractivity contribution in [2.75, 3.05) is 0 Å². The van der Waals surface area contributed by atoms with Crippen molar-refractivity contribution in [2.24, 2.45) is 11.1 Å². The lowest BCUT2D eigenvalue weighted by atomic mass is 9.84. The fourth-order valence-electron chi connectivity index (χ4n) is 2.57. The van der Waals surface area contributed by atoms with Crippen molar-refractivity contribution in [1.29, 1.82) is 0 Å². The summed E-state index contributed by atoms with van der Waals surface area (Å²) in [5.41, 5.74) is 5.49. The molecule has 1 unspecified atom stereocenters. The van der Waals surface area contributed by atoms with Crippen LogP contribution in [-0.2, 0) is 9.59 Å². The minimum Gasteiger partial charge on any atom is -0.481 e. The Balaban J connectivity index is 2.58. The van der Waals surface area contributed by atoms with Crippen LogP contribution in [0.3, 0.4) is 0 Å². The van der Waals surface area contributed by atoms with Crippen LogP contribution in [0.15, 0.2) is 0 Å². The van der Waals surface area contributed by atoms with Crippen LogP contribution in [0.4, 0.5) is 0 Å². The highest BCUT2D eigenvalue weighted by molar-refractivity contribution is 5.78. The highest BCUT2D eigenvalue weighted by Crippen LogP contribution is 2.30. The average Bonchev–Trinajstić information content (AvgIpc) is 2.61. The summed E-state index contributed by atoms with van der Waals surface area (Å²) in [6, 6.07) is -0.373. The van der Waals surface area contributed by atoms with Crippen molar-refractivity contribution in [3.8, 4) is 0 Å². The summed E-state index contributed by atoms with van der Waals surface area (Å²) in [6.07, 6.45) is 4.12. The minimum absolute atomic E-state index is 0.0627. The van der Waals surface area contributed by atoms with Gasteiger partial charge in [0.25, 0.3) is 0 Å². The maximum Gasteiger partial charge on any atom is 0.305 e. The molecule has 110 valence electrons. The van der Waals surface area contributed by atoms with E-state index in [9.17, 15) is 9.59 Å². The minimum atomic E-state index is -0.899. The molecule has 1 aliphatic rings. The molecule has 1 saturated carbocycles. The molecule has 19 heavy (non-hydrogen) atoms. The number of carboxylic acid groups (broad SMARTS) is 1. The highest BCUT2D eigenvalue weighted by Gasteiger charge is 2.34. The molecule has 0 saturated heterocycles. The van der Waals surface area contributed by atoms with E-state index in [2.05, 4.69) is 5.32 Å². The summed E-state index contributed by atoms with van der Waals surface area (Å²) in [5, 5.41) is 11.8. The number of nitrogens with two attached hydrogens (primary N) is 1. The van der Waals surface area contributed by atoms with Crippen molar-refractivity contribution >= 4 is 11.9 Å². The van der Waals surface area contributed by atoms with E-state index in [1.807, 2.05) is 20.8 Å². The molecular weight excluding hydrogens is 244 g/mol. The second-order valence-corrected chi connectivity index (χ2v) is 6.83. The van der Waals surface area contributed by atoms with Crippen LogP contribution in [0, 0.1) is 5.41 Å². The number of carboxylic acids is 1. The van der Waals surface area contributed by atoms with Crippen molar-refractivity contribution in [2.45, 2.75) is 70.9 Å². The molecule has 0 aromatic rings. The summed E-state index contributed by atoms with van der Waals surface area (Å²) < 4.78 is 0. The van der Waals surface area contributed by atoms with E-state index in [4.69, 9.17) is 10.8 Å². The van der Waals surface area contributed by atoms with Gasteiger partial charge in [0.2, 0.25) is 5.91 Å². The molecule has 1 aliphatic carbocycles. The Labute approximate surface area is 114 Å². The largest absolute Gasteiger partial charge is 0.481 e. The van der Waals surface area contributed by atoms with Crippen LogP contribution < -0.4 is 11.1 Å². The van der Waals surface area contributed by atoms with Crippen LogP contribution in [0.25, 0.3) is 0 Å². The van der Waals surface area contributed by atoms with Gasteiger partial charge in [-0.15, -0.1) is 0 Å². The van der Waals surface area contributed by atoms with Gasteiger partial charge in [0.05, 0.1) is 6.42 Å². The summed E-state index contributed by atoms with van der Waals surface area (Å²) in [7, 11) is 0. The number of rotatable bonds is 5. The predicted molar refractivity (Wildman–Crippen MR) is 73.6 cm³/mol. The molecule has 1 amide bonds. The van der Waals surface area contributed by atoms with Gasteiger partial charge in [-0.3, -0.25) is 9.59 Å². The van der Waals surface area contributed by atoms with Crippen LogP contribution >= 0.6 is 0 Å². The third-order valence-corrected chi connectivity index (χ3v) is 3.87. The Morgan fingerprint density at radius 1 is 1.32 bits per heavy atom. The molecule has 5 nitrogen and oxygen atoms in total. The number of aliphatic carboxylic acids is 1. The zero-order valence-electron chi connectivity index (χ0n) is 12.2. The van der Waals surface area contributed by atoms with E-state index < -0.39 is 11.5 Å². The molecule has 0 aromatic carbocycles. The Hall–Kier alpha value is -1.10. The van der Waals surface area contributed by atoms with E-state index in [0.29, 0.717) is 6.42 Å². The summed E-state index contributed by atoms with van der Waals surface area (Å²) in [4.78, 5) is 22.9. The topological polar surface area (TPSA) is 92.4 Å². The smallest absolute Gasteiger partial charge is 0.305 e. The number of hydrogen-bond donors (Lipinski definition) is 3. The maximum absolute atomic E-state index is 12.1. The zero-order valence-corrected chi connectivity index (χ0v) is 12.2. The molecule has 0 aromatic heterocycles. The van der Waals surface area contributed by atoms with Crippen LogP contribution in [0.2, 0.25) is 0 Å². The van der Waals surface area contributed by atoms with Gasteiger partial charge in [-0.25, -0.2) is 0 Å². The van der Waals surface area contributed by atoms with E-state index in [-0.39, 0.29) is 23.8 Å². The Morgan fingerprint density at radius 3 is 2.26 bits per heavy atom. The third-order valence-electron chi connectivity index (χ3n) is 3.87. The third kappa shape index (κ3) is 5.19. The van der Waals surface area contributed by atoms with Gasteiger partial charge < -0.3 is 16.2 Å². The second-order valence-electron chi connectivity index (χ2n) is 6.83. The van der Waals surface area contributed by atoms with Crippen LogP contribution in [-0.4, -0.2) is 28.6 Å². The Morgan fingerprint density at radius 2 is 1.84 bits per heavy atom. The number of hydrogen-bond acceptors (Lipinski definition) is 3. The molecule has 1 fully saturated rings. The first-order valence-electron chi connectivity index (χ1n) is 6.92. The molecule has 0 bridgehead atoms. The fourth-order valence-corrected chi connectivity index (χ4v) is 2.57. The highest BCUT2D eigenvalue weighted by atomic mass is 16.4. The average molecular weight is 270 g/mol. The van der Waals surface area contributed by atoms with Gasteiger partial charge in [-0.05, 0) is 18.3 Å². The normalized spacial score (nSPS) is 20.0. The summed E-state index contributed by atoms with van der Waals surface area (Å²) in [6.45, 7) is 5.78. The van der Waals surface area contributed by atoms with Gasteiger partial charge >= 0.3 is 5.97 Å². The summed E-state index contributed by atoms with van der Waals surface area (Å²) in [5.74, 6) is -1.03. The number of carbonyl (C=O) groups is 2. The molecule has 1 rings (SSSR count). The number of amides is 1. The lowest BCUT2D eigenvalue weighted by Gasteiger charge is -2.32. The molecule has 4 N–H and O–H groups in total. The van der Waals surface area contributed by atoms with Gasteiger partial charge in [0.1, 0.15) is 0 Å². The van der Waals surface area contributed by atoms with Crippen LogP contribution in [0.1, 0.15) is 59.3 Å². The monoisotopic (exact) mass is 270 g/mol.